The molecule has 2 aromatic carbocycles. The third-order valence-corrected chi connectivity index (χ3v) is 2.80. The van der Waals surface area contributed by atoms with Crippen LogP contribution in [-0.4, -0.2) is 17.2 Å². The minimum absolute atomic E-state index is 0.0649. The van der Waals surface area contributed by atoms with Gasteiger partial charge in [0.2, 0.25) is 0 Å². The Hall–Kier alpha value is -2.43. The van der Waals surface area contributed by atoms with Crippen molar-refractivity contribution in [2.75, 3.05) is 0 Å². The number of carbonyl (C=O) groups is 1. The summed E-state index contributed by atoms with van der Waals surface area (Å²) >= 11 is 0. The molecule has 0 atom stereocenters. The zero-order valence-corrected chi connectivity index (χ0v) is 11.6. The van der Waals surface area contributed by atoms with E-state index in [0.29, 0.717) is 5.56 Å². The van der Waals surface area contributed by atoms with Gasteiger partial charge < -0.3 is 9.84 Å². The molecule has 1 N–H and O–H groups in total. The van der Waals surface area contributed by atoms with Gasteiger partial charge in [-0.1, -0.05) is 6.07 Å². The first-order valence-electron chi connectivity index (χ1n) is 6.38. The summed E-state index contributed by atoms with van der Waals surface area (Å²) in [5, 5.41) is 9.72. The lowest BCUT2D eigenvalue weighted by Crippen LogP contribution is -2.11. The maximum Gasteiger partial charge on any atom is 0.342 e. The van der Waals surface area contributed by atoms with E-state index in [1.165, 1.54) is 24.3 Å². The van der Waals surface area contributed by atoms with Gasteiger partial charge >= 0.3 is 5.97 Å². The number of ether oxygens (including phenoxy) is 1. The van der Waals surface area contributed by atoms with Crippen molar-refractivity contribution in [1.82, 2.24) is 0 Å². The number of rotatable bonds is 3. The maximum absolute atomic E-state index is 13.8. The van der Waals surface area contributed by atoms with Gasteiger partial charge in [0.25, 0.3) is 0 Å². The number of phenols is 1. The molecule has 0 amide bonds. The van der Waals surface area contributed by atoms with E-state index >= 15 is 0 Å². The van der Waals surface area contributed by atoms with E-state index in [1.807, 2.05) is 0 Å². The van der Waals surface area contributed by atoms with Gasteiger partial charge in [0, 0.05) is 11.6 Å². The topological polar surface area (TPSA) is 46.5 Å². The molecular formula is C16H14F2O3. The van der Waals surface area contributed by atoms with Crippen molar-refractivity contribution in [3.05, 3.63) is 53.6 Å². The summed E-state index contributed by atoms with van der Waals surface area (Å²) in [7, 11) is 0. The number of carbonyl (C=O) groups excluding carboxylic acids is 1. The van der Waals surface area contributed by atoms with E-state index in [4.69, 9.17) is 4.74 Å². The van der Waals surface area contributed by atoms with Gasteiger partial charge in [0.15, 0.2) is 0 Å². The Morgan fingerprint density at radius 3 is 2.48 bits per heavy atom. The molecule has 0 unspecified atom stereocenters. The normalized spacial score (nSPS) is 10.7. The van der Waals surface area contributed by atoms with Gasteiger partial charge in [0.1, 0.15) is 22.9 Å². The number of phenolic OH excluding ortho intramolecular Hbond substituents is 1. The molecule has 0 fully saturated rings. The molecule has 0 saturated carbocycles. The molecule has 0 aliphatic carbocycles. The van der Waals surface area contributed by atoms with Crippen LogP contribution in [0.5, 0.6) is 5.75 Å². The predicted molar refractivity (Wildman–Crippen MR) is 74.0 cm³/mol. The van der Waals surface area contributed by atoms with Crippen LogP contribution in [-0.2, 0) is 4.74 Å². The molecule has 0 heterocycles. The molecule has 5 heteroatoms. The Morgan fingerprint density at radius 2 is 1.86 bits per heavy atom. The second-order valence-electron chi connectivity index (χ2n) is 4.81. The summed E-state index contributed by atoms with van der Waals surface area (Å²) in [5.41, 5.74) is 0.418. The predicted octanol–water partition coefficient (Wildman–Crippen LogP) is 3.90. The standard InChI is InChI=1S/C16H14F2O3/c1-9(2)21-16(20)13-7-10(3-6-15(13)19)12-5-4-11(17)8-14(12)18/h3-9,19H,1-2H3. The van der Waals surface area contributed by atoms with Crippen molar-refractivity contribution in [2.24, 2.45) is 0 Å². The molecule has 0 radical (unpaired) electrons. The molecule has 0 saturated heterocycles. The highest BCUT2D eigenvalue weighted by atomic mass is 19.1. The molecule has 110 valence electrons. The number of hydrogen-bond acceptors (Lipinski definition) is 3. The number of halogens is 2. The van der Waals surface area contributed by atoms with Gasteiger partial charge in [-0.25, -0.2) is 13.6 Å². The Labute approximate surface area is 120 Å². The van der Waals surface area contributed by atoms with Crippen LogP contribution in [0.4, 0.5) is 8.78 Å². The number of hydrogen-bond donors (Lipinski definition) is 1. The van der Waals surface area contributed by atoms with E-state index in [9.17, 15) is 18.7 Å². The highest BCUT2D eigenvalue weighted by molar-refractivity contribution is 5.94. The lowest BCUT2D eigenvalue weighted by molar-refractivity contribution is 0.0375. The fraction of sp³-hybridized carbons (Fsp3) is 0.188. The van der Waals surface area contributed by atoms with Crippen molar-refractivity contribution in [1.29, 1.82) is 0 Å². The van der Waals surface area contributed by atoms with Gasteiger partial charge in [-0.15, -0.1) is 0 Å². The zero-order chi connectivity index (χ0) is 15.6. The maximum atomic E-state index is 13.8. The van der Waals surface area contributed by atoms with Crippen LogP contribution < -0.4 is 0 Å². The first-order chi connectivity index (χ1) is 9.88. The van der Waals surface area contributed by atoms with Crippen molar-refractivity contribution in [3.63, 3.8) is 0 Å². The lowest BCUT2D eigenvalue weighted by atomic mass is 10.0. The Kier molecular flexibility index (Phi) is 4.21. The third kappa shape index (κ3) is 3.37. The molecule has 2 rings (SSSR count). The minimum Gasteiger partial charge on any atom is -0.507 e. The molecule has 0 spiro atoms. The van der Waals surface area contributed by atoms with Crippen LogP contribution in [0.3, 0.4) is 0 Å². The fourth-order valence-electron chi connectivity index (χ4n) is 1.87. The van der Waals surface area contributed by atoms with E-state index in [-0.39, 0.29) is 23.0 Å². The van der Waals surface area contributed by atoms with Crippen LogP contribution in [0.15, 0.2) is 36.4 Å². The molecule has 0 aliphatic heterocycles. The van der Waals surface area contributed by atoms with Crippen LogP contribution >= 0.6 is 0 Å². The highest BCUT2D eigenvalue weighted by Gasteiger charge is 2.16. The SMILES string of the molecule is CC(C)OC(=O)c1cc(-c2ccc(F)cc2F)ccc1O. The number of aromatic hydroxyl groups is 1. The van der Waals surface area contributed by atoms with E-state index in [2.05, 4.69) is 0 Å². The summed E-state index contributed by atoms with van der Waals surface area (Å²) in [6.07, 6.45) is -0.344. The first-order valence-corrected chi connectivity index (χ1v) is 6.38. The van der Waals surface area contributed by atoms with Crippen molar-refractivity contribution in [3.8, 4) is 16.9 Å². The Bertz CT molecular complexity index is 681. The average molecular weight is 292 g/mol. The van der Waals surface area contributed by atoms with Gasteiger partial charge in [-0.3, -0.25) is 0 Å². The lowest BCUT2D eigenvalue weighted by Gasteiger charge is -2.11. The van der Waals surface area contributed by atoms with E-state index in [0.717, 1.165) is 12.1 Å². The van der Waals surface area contributed by atoms with Gasteiger partial charge in [-0.05, 0) is 43.7 Å². The molecular weight excluding hydrogens is 278 g/mol. The Morgan fingerprint density at radius 1 is 1.14 bits per heavy atom. The summed E-state index contributed by atoms with van der Waals surface area (Å²) in [6, 6.07) is 7.18. The Balaban J connectivity index is 2.45. The van der Waals surface area contributed by atoms with Crippen molar-refractivity contribution >= 4 is 5.97 Å². The molecule has 0 aliphatic rings. The number of benzene rings is 2. The average Bonchev–Trinajstić information content (AvgIpc) is 2.39. The second-order valence-corrected chi connectivity index (χ2v) is 4.81. The van der Waals surface area contributed by atoms with E-state index < -0.39 is 17.6 Å². The van der Waals surface area contributed by atoms with E-state index in [1.54, 1.807) is 13.8 Å². The smallest absolute Gasteiger partial charge is 0.342 e. The highest BCUT2D eigenvalue weighted by Crippen LogP contribution is 2.28. The van der Waals surface area contributed by atoms with Crippen molar-refractivity contribution < 1.29 is 23.4 Å². The first kappa shape index (κ1) is 15.0. The third-order valence-electron chi connectivity index (χ3n) is 2.80. The van der Waals surface area contributed by atoms with Crippen LogP contribution in [0.25, 0.3) is 11.1 Å². The number of esters is 1. The minimum atomic E-state index is -0.746. The van der Waals surface area contributed by atoms with Gasteiger partial charge in [-0.2, -0.15) is 0 Å². The van der Waals surface area contributed by atoms with Crippen LogP contribution in [0.2, 0.25) is 0 Å². The van der Waals surface area contributed by atoms with Crippen molar-refractivity contribution in [2.45, 2.75) is 20.0 Å². The molecule has 0 aromatic heterocycles. The largest absolute Gasteiger partial charge is 0.507 e. The molecule has 3 nitrogen and oxygen atoms in total. The van der Waals surface area contributed by atoms with Gasteiger partial charge in [0.05, 0.1) is 6.10 Å². The monoisotopic (exact) mass is 292 g/mol. The summed E-state index contributed by atoms with van der Waals surface area (Å²) in [4.78, 5) is 11.9. The second kappa shape index (κ2) is 5.91. The molecule has 21 heavy (non-hydrogen) atoms. The van der Waals surface area contributed by atoms with Crippen LogP contribution in [0, 0.1) is 11.6 Å². The molecule has 0 bridgehead atoms. The molecule has 2 aromatic rings. The quantitative estimate of drug-likeness (QED) is 0.873. The summed E-state index contributed by atoms with van der Waals surface area (Å²) < 4.78 is 31.7. The fourth-order valence-corrected chi connectivity index (χ4v) is 1.87. The summed E-state index contributed by atoms with van der Waals surface area (Å²) in [5.74, 6) is -2.39. The zero-order valence-electron chi connectivity index (χ0n) is 11.6. The summed E-state index contributed by atoms with van der Waals surface area (Å²) in [6.45, 7) is 3.36. The van der Waals surface area contributed by atoms with Crippen LogP contribution in [0.1, 0.15) is 24.2 Å².